The predicted octanol–water partition coefficient (Wildman–Crippen LogP) is 4.28. The Kier molecular flexibility index (Phi) is 7.00. The minimum Gasteiger partial charge on any atom is -0.507 e. The molecule has 0 bridgehead atoms. The highest BCUT2D eigenvalue weighted by molar-refractivity contribution is 6.46. The van der Waals surface area contributed by atoms with Crippen LogP contribution in [0.25, 0.3) is 5.76 Å². The number of aliphatic hydroxyl groups is 1. The molecule has 0 spiro atoms. The number of hydrogen-bond donors (Lipinski definition) is 1. The smallest absolute Gasteiger partial charge is 0.295 e. The zero-order valence-corrected chi connectivity index (χ0v) is 19.7. The first kappa shape index (κ1) is 24.5. The van der Waals surface area contributed by atoms with Gasteiger partial charge in [-0.3, -0.25) is 19.7 Å². The second kappa shape index (κ2) is 10.3. The topological polar surface area (TPSA) is 119 Å². The van der Waals surface area contributed by atoms with Crippen molar-refractivity contribution in [1.29, 1.82) is 0 Å². The molecule has 1 unspecified atom stereocenters. The summed E-state index contributed by atoms with van der Waals surface area (Å²) in [7, 11) is 3.09. The summed E-state index contributed by atoms with van der Waals surface area (Å²) in [5.74, 6) is -0.724. The van der Waals surface area contributed by atoms with Crippen LogP contribution in [0.15, 0.2) is 78.4 Å². The van der Waals surface area contributed by atoms with E-state index in [2.05, 4.69) is 0 Å². The highest BCUT2D eigenvalue weighted by Crippen LogP contribution is 2.40. The summed E-state index contributed by atoms with van der Waals surface area (Å²) >= 11 is 0. The molecule has 4 rings (SSSR count). The van der Waals surface area contributed by atoms with Crippen LogP contribution in [0.1, 0.15) is 22.7 Å². The van der Waals surface area contributed by atoms with Crippen LogP contribution in [0.2, 0.25) is 0 Å². The summed E-state index contributed by atoms with van der Waals surface area (Å²) in [5, 5.41) is 22.1. The maximum Gasteiger partial charge on any atom is 0.295 e. The fraction of sp³-hybridized carbons (Fsp3) is 0.185. The molecular weight excluding hydrogens is 464 g/mol. The van der Waals surface area contributed by atoms with Crippen LogP contribution in [0.4, 0.5) is 5.69 Å². The van der Waals surface area contributed by atoms with E-state index in [1.165, 1.54) is 36.3 Å². The Morgan fingerprint density at radius 2 is 1.64 bits per heavy atom. The quantitative estimate of drug-likeness (QED) is 0.165. The minimum absolute atomic E-state index is 0.0863. The number of nitro benzene ring substituents is 1. The van der Waals surface area contributed by atoms with Crippen molar-refractivity contribution in [1.82, 2.24) is 4.90 Å². The van der Waals surface area contributed by atoms with Crippen LogP contribution < -0.4 is 9.47 Å². The number of ketones is 1. The molecule has 184 valence electrons. The summed E-state index contributed by atoms with van der Waals surface area (Å²) in [6, 6.07) is 18.6. The van der Waals surface area contributed by atoms with Gasteiger partial charge in [-0.1, -0.05) is 24.3 Å². The van der Waals surface area contributed by atoms with Gasteiger partial charge >= 0.3 is 0 Å². The van der Waals surface area contributed by atoms with Crippen molar-refractivity contribution in [2.24, 2.45) is 0 Å². The highest BCUT2D eigenvalue weighted by Gasteiger charge is 2.46. The molecule has 1 saturated heterocycles. The zero-order valence-electron chi connectivity index (χ0n) is 19.7. The van der Waals surface area contributed by atoms with Gasteiger partial charge in [-0.25, -0.2) is 0 Å². The Morgan fingerprint density at radius 3 is 2.25 bits per heavy atom. The van der Waals surface area contributed by atoms with Crippen molar-refractivity contribution < 1.29 is 29.1 Å². The molecule has 1 aliphatic heterocycles. The lowest BCUT2D eigenvalue weighted by molar-refractivity contribution is -0.384. The number of rotatable bonds is 8. The lowest BCUT2D eigenvalue weighted by Gasteiger charge is -2.25. The van der Waals surface area contributed by atoms with Gasteiger partial charge in [-0.15, -0.1) is 0 Å². The summed E-state index contributed by atoms with van der Waals surface area (Å²) in [6.45, 7) is 0.218. The van der Waals surface area contributed by atoms with Crippen molar-refractivity contribution >= 4 is 23.1 Å². The molecule has 9 heteroatoms. The van der Waals surface area contributed by atoms with Gasteiger partial charge in [-0.2, -0.15) is 0 Å². The number of carbonyl (C=O) groups excluding carboxylic acids is 2. The molecule has 1 amide bonds. The van der Waals surface area contributed by atoms with E-state index in [1.54, 1.807) is 31.4 Å². The molecule has 0 aliphatic carbocycles. The third-order valence-electron chi connectivity index (χ3n) is 6.10. The maximum absolute atomic E-state index is 13.2. The van der Waals surface area contributed by atoms with E-state index in [0.29, 0.717) is 23.5 Å². The first-order chi connectivity index (χ1) is 17.3. The molecule has 1 fully saturated rings. The number of likely N-dealkylation sites (tertiary alicyclic amines) is 1. The van der Waals surface area contributed by atoms with Crippen LogP contribution in [0, 0.1) is 10.1 Å². The summed E-state index contributed by atoms with van der Waals surface area (Å²) in [5.41, 5.74) is 1.48. The number of hydrogen-bond acceptors (Lipinski definition) is 7. The summed E-state index contributed by atoms with van der Waals surface area (Å²) < 4.78 is 10.5. The van der Waals surface area contributed by atoms with Crippen molar-refractivity contribution in [3.05, 3.63) is 105 Å². The van der Waals surface area contributed by atoms with Gasteiger partial charge in [0.2, 0.25) is 0 Å². The normalized spacial score (nSPS) is 16.7. The van der Waals surface area contributed by atoms with Crippen LogP contribution in [-0.4, -0.2) is 47.4 Å². The van der Waals surface area contributed by atoms with E-state index < -0.39 is 28.4 Å². The molecule has 1 heterocycles. The first-order valence-corrected chi connectivity index (χ1v) is 11.1. The number of benzene rings is 3. The zero-order chi connectivity index (χ0) is 25.8. The van der Waals surface area contributed by atoms with Gasteiger partial charge in [0, 0.05) is 24.2 Å². The number of methoxy groups -OCH3 is 2. The number of ether oxygens (including phenoxy) is 2. The van der Waals surface area contributed by atoms with Gasteiger partial charge < -0.3 is 19.5 Å². The Morgan fingerprint density at radius 1 is 0.972 bits per heavy atom. The third-order valence-corrected chi connectivity index (χ3v) is 6.10. The van der Waals surface area contributed by atoms with Crippen molar-refractivity contribution in [3.63, 3.8) is 0 Å². The van der Waals surface area contributed by atoms with Crippen molar-refractivity contribution in [3.8, 4) is 11.5 Å². The maximum atomic E-state index is 13.2. The average Bonchev–Trinajstić information content (AvgIpc) is 3.16. The fourth-order valence-corrected chi connectivity index (χ4v) is 4.21. The predicted molar refractivity (Wildman–Crippen MR) is 132 cm³/mol. The van der Waals surface area contributed by atoms with Gasteiger partial charge in [-0.05, 0) is 53.9 Å². The number of carbonyl (C=O) groups is 2. The molecular formula is C27H24N2O7. The van der Waals surface area contributed by atoms with Crippen molar-refractivity contribution in [2.45, 2.75) is 12.5 Å². The Hall–Kier alpha value is -4.66. The van der Waals surface area contributed by atoms with Crippen LogP contribution in [-0.2, 0) is 16.0 Å². The molecule has 1 atom stereocenters. The van der Waals surface area contributed by atoms with Crippen LogP contribution >= 0.6 is 0 Å². The highest BCUT2D eigenvalue weighted by atomic mass is 16.6. The molecule has 0 saturated carbocycles. The van der Waals surface area contributed by atoms with Gasteiger partial charge in [0.25, 0.3) is 17.4 Å². The van der Waals surface area contributed by atoms with Gasteiger partial charge in [0.05, 0.1) is 30.8 Å². The van der Waals surface area contributed by atoms with Crippen LogP contribution in [0.5, 0.6) is 11.5 Å². The third kappa shape index (κ3) is 4.76. The molecule has 3 aromatic carbocycles. The summed E-state index contributed by atoms with van der Waals surface area (Å²) in [6.07, 6.45) is 0.467. The second-order valence-corrected chi connectivity index (χ2v) is 8.17. The van der Waals surface area contributed by atoms with E-state index in [1.807, 2.05) is 24.3 Å². The monoisotopic (exact) mass is 488 g/mol. The number of amides is 1. The molecule has 36 heavy (non-hydrogen) atoms. The molecule has 0 radical (unpaired) electrons. The van der Waals surface area contributed by atoms with E-state index in [-0.39, 0.29) is 23.4 Å². The number of non-ortho nitro benzene ring substituents is 1. The first-order valence-electron chi connectivity index (χ1n) is 11.1. The van der Waals surface area contributed by atoms with E-state index in [9.17, 15) is 24.8 Å². The molecule has 9 nitrogen and oxygen atoms in total. The Labute approximate surface area is 207 Å². The molecule has 1 aliphatic rings. The molecule has 1 N–H and O–H groups in total. The molecule has 3 aromatic rings. The number of aliphatic hydroxyl groups excluding tert-OH is 1. The SMILES string of the molecule is COc1ccc(CCN2C(=O)C(=O)/C(=C(\O)c3ccc([N+](=O)[O-])cc3)C2c2cccc(OC)c2)cc1. The Balaban J connectivity index is 1.76. The summed E-state index contributed by atoms with van der Waals surface area (Å²) in [4.78, 5) is 38.2. The van der Waals surface area contributed by atoms with E-state index in [0.717, 1.165) is 5.56 Å². The van der Waals surface area contributed by atoms with Crippen molar-refractivity contribution in [2.75, 3.05) is 20.8 Å². The number of nitro groups is 1. The number of nitrogens with zero attached hydrogens (tertiary/aromatic N) is 2. The lowest BCUT2D eigenvalue weighted by Crippen LogP contribution is -2.31. The van der Waals surface area contributed by atoms with Gasteiger partial charge in [0.15, 0.2) is 0 Å². The lowest BCUT2D eigenvalue weighted by atomic mass is 9.95. The standard InChI is InChI=1S/C27H24N2O7/c1-35-21-12-6-17(7-13-21)14-15-28-24(19-4-3-5-22(16-19)36-2)23(26(31)27(28)32)25(30)18-8-10-20(11-9-18)29(33)34/h3-13,16,24,30H,14-15H2,1-2H3/b25-23-. The second-order valence-electron chi connectivity index (χ2n) is 8.17. The minimum atomic E-state index is -0.867. The fourth-order valence-electron chi connectivity index (χ4n) is 4.21. The Bertz CT molecular complexity index is 1330. The van der Waals surface area contributed by atoms with Gasteiger partial charge in [0.1, 0.15) is 17.3 Å². The average molecular weight is 488 g/mol. The largest absolute Gasteiger partial charge is 0.507 e. The van der Waals surface area contributed by atoms with E-state index in [4.69, 9.17) is 9.47 Å². The molecule has 0 aromatic heterocycles. The van der Waals surface area contributed by atoms with Crippen LogP contribution in [0.3, 0.4) is 0 Å². The number of Topliss-reactive ketones (excluding diaryl/α,β-unsaturated/α-hetero) is 1. The van der Waals surface area contributed by atoms with E-state index >= 15 is 0 Å².